The molecule has 0 aliphatic heterocycles. The first-order chi connectivity index (χ1) is 8.63. The third-order valence-electron chi connectivity index (χ3n) is 2.83. The van der Waals surface area contributed by atoms with Crippen molar-refractivity contribution in [1.29, 1.82) is 0 Å². The molecule has 0 aromatic carbocycles. The second-order valence-electron chi connectivity index (χ2n) is 4.47. The number of nitrogens with one attached hydrogen (secondary N) is 1. The number of hydrazine groups is 1. The molecule has 3 N–H and O–H groups in total. The highest BCUT2D eigenvalue weighted by Gasteiger charge is 2.20. The highest BCUT2D eigenvalue weighted by atomic mass is 79.9. The van der Waals surface area contributed by atoms with Crippen LogP contribution in [0, 0.1) is 0 Å². The van der Waals surface area contributed by atoms with Crippen molar-refractivity contribution in [2.75, 3.05) is 0 Å². The Labute approximate surface area is 119 Å². The Hall–Kier alpha value is -0.690. The minimum atomic E-state index is 0.0545. The summed E-state index contributed by atoms with van der Waals surface area (Å²) < 4.78 is 3.00. The van der Waals surface area contributed by atoms with Gasteiger partial charge in [0.15, 0.2) is 0 Å². The number of nitrogens with two attached hydrogens (primary N) is 1. The Bertz CT molecular complexity index is 492. The zero-order chi connectivity index (χ0) is 13.1. The fraction of sp³-hybridized carbons (Fsp3) is 0.417. The predicted octanol–water partition coefficient (Wildman–Crippen LogP) is 3.04. The van der Waals surface area contributed by atoms with Crippen LogP contribution in [-0.4, -0.2) is 9.78 Å². The van der Waals surface area contributed by atoms with E-state index in [1.807, 2.05) is 10.9 Å². The molecule has 98 valence electrons. The summed E-state index contributed by atoms with van der Waals surface area (Å²) in [7, 11) is 0. The van der Waals surface area contributed by atoms with Crippen molar-refractivity contribution in [3.63, 3.8) is 0 Å². The quantitative estimate of drug-likeness (QED) is 0.655. The molecule has 0 radical (unpaired) electrons. The maximum atomic E-state index is 5.71. The van der Waals surface area contributed by atoms with Crippen molar-refractivity contribution in [3.05, 3.63) is 38.8 Å². The van der Waals surface area contributed by atoms with E-state index in [1.54, 1.807) is 11.3 Å². The summed E-state index contributed by atoms with van der Waals surface area (Å²) in [5.41, 5.74) is 5.27. The van der Waals surface area contributed by atoms with Crippen LogP contribution in [0.4, 0.5) is 0 Å². The smallest absolute Gasteiger partial charge is 0.0715 e. The molecule has 1 unspecified atom stereocenters. The van der Waals surface area contributed by atoms with Crippen LogP contribution in [0.2, 0.25) is 0 Å². The second kappa shape index (κ2) is 5.97. The molecule has 2 aromatic heterocycles. The van der Waals surface area contributed by atoms with Gasteiger partial charge in [0.2, 0.25) is 0 Å². The molecule has 2 aromatic rings. The van der Waals surface area contributed by atoms with E-state index < -0.39 is 0 Å². The van der Waals surface area contributed by atoms with Crippen molar-refractivity contribution < 1.29 is 0 Å². The summed E-state index contributed by atoms with van der Waals surface area (Å²) in [5, 5.41) is 8.62. The van der Waals surface area contributed by atoms with Crippen molar-refractivity contribution in [1.82, 2.24) is 15.2 Å². The lowest BCUT2D eigenvalue weighted by molar-refractivity contribution is 0.447. The molecular formula is C12H17BrN4S. The minimum absolute atomic E-state index is 0.0545. The molecule has 0 aliphatic rings. The molecule has 0 bridgehead atoms. The van der Waals surface area contributed by atoms with E-state index in [0.717, 1.165) is 16.6 Å². The van der Waals surface area contributed by atoms with Crippen LogP contribution in [0.1, 0.15) is 37.2 Å². The standard InChI is InChI=1S/C12H17BrN4S/c1-8(2)17-12(10(13)6-15-17)11(16-14)5-9-3-4-18-7-9/h3-4,6-8,11,16H,5,14H2,1-2H3. The van der Waals surface area contributed by atoms with Crippen molar-refractivity contribution >= 4 is 27.3 Å². The molecule has 0 fully saturated rings. The predicted molar refractivity (Wildman–Crippen MR) is 78.4 cm³/mol. The van der Waals surface area contributed by atoms with Crippen molar-refractivity contribution in [2.24, 2.45) is 5.84 Å². The Morgan fingerprint density at radius 3 is 2.89 bits per heavy atom. The van der Waals surface area contributed by atoms with Gasteiger partial charge in [-0.25, -0.2) is 0 Å². The topological polar surface area (TPSA) is 55.9 Å². The molecular weight excluding hydrogens is 312 g/mol. The first-order valence-corrected chi connectivity index (χ1v) is 7.57. The zero-order valence-electron chi connectivity index (χ0n) is 10.4. The van der Waals surface area contributed by atoms with Gasteiger partial charge in [-0.3, -0.25) is 16.0 Å². The number of halogens is 1. The lowest BCUT2D eigenvalue weighted by atomic mass is 10.1. The van der Waals surface area contributed by atoms with E-state index in [0.29, 0.717) is 6.04 Å². The van der Waals surface area contributed by atoms with Crippen LogP contribution >= 0.6 is 27.3 Å². The molecule has 0 aliphatic carbocycles. The highest BCUT2D eigenvalue weighted by molar-refractivity contribution is 9.10. The summed E-state index contributed by atoms with van der Waals surface area (Å²) in [6.45, 7) is 4.22. The van der Waals surface area contributed by atoms with Crippen LogP contribution in [-0.2, 0) is 6.42 Å². The van der Waals surface area contributed by atoms with Crippen LogP contribution in [0.5, 0.6) is 0 Å². The molecule has 4 nitrogen and oxygen atoms in total. The van der Waals surface area contributed by atoms with E-state index in [1.165, 1.54) is 5.56 Å². The van der Waals surface area contributed by atoms with E-state index >= 15 is 0 Å². The lowest BCUT2D eigenvalue weighted by Gasteiger charge is -2.20. The first-order valence-electron chi connectivity index (χ1n) is 5.83. The molecule has 6 heteroatoms. The molecule has 18 heavy (non-hydrogen) atoms. The van der Waals surface area contributed by atoms with Gasteiger partial charge < -0.3 is 0 Å². The van der Waals surface area contributed by atoms with E-state index in [9.17, 15) is 0 Å². The Kier molecular flexibility index (Phi) is 4.55. The number of hydrogen-bond acceptors (Lipinski definition) is 4. The second-order valence-corrected chi connectivity index (χ2v) is 6.11. The van der Waals surface area contributed by atoms with Crippen LogP contribution < -0.4 is 11.3 Å². The SMILES string of the molecule is CC(C)n1ncc(Br)c1C(Cc1ccsc1)NN. The maximum Gasteiger partial charge on any atom is 0.0715 e. The molecule has 1 atom stereocenters. The number of hydrogen-bond donors (Lipinski definition) is 2. The van der Waals surface area contributed by atoms with Crippen LogP contribution in [0.3, 0.4) is 0 Å². The van der Waals surface area contributed by atoms with Gasteiger partial charge in [-0.2, -0.15) is 16.4 Å². The highest BCUT2D eigenvalue weighted by Crippen LogP contribution is 2.28. The summed E-state index contributed by atoms with van der Waals surface area (Å²) in [4.78, 5) is 0. The molecule has 0 saturated carbocycles. The summed E-state index contributed by atoms with van der Waals surface area (Å²) >= 11 is 5.26. The van der Waals surface area contributed by atoms with Gasteiger partial charge in [0.25, 0.3) is 0 Å². The molecule has 0 amide bonds. The van der Waals surface area contributed by atoms with Gasteiger partial charge in [0, 0.05) is 6.04 Å². The first kappa shape index (κ1) is 13.7. The van der Waals surface area contributed by atoms with E-state index in [2.05, 4.69) is 57.1 Å². The third kappa shape index (κ3) is 2.83. The maximum absolute atomic E-state index is 5.71. The summed E-state index contributed by atoms with van der Waals surface area (Å²) in [6.07, 6.45) is 2.68. The Morgan fingerprint density at radius 2 is 2.33 bits per heavy atom. The lowest BCUT2D eigenvalue weighted by Crippen LogP contribution is -2.32. The van der Waals surface area contributed by atoms with Gasteiger partial charge in [0.05, 0.1) is 22.4 Å². The molecule has 2 heterocycles. The fourth-order valence-corrected chi connectivity index (χ4v) is 3.20. The Morgan fingerprint density at radius 1 is 1.56 bits per heavy atom. The third-order valence-corrected chi connectivity index (χ3v) is 4.17. The zero-order valence-corrected chi connectivity index (χ0v) is 12.8. The van der Waals surface area contributed by atoms with Gasteiger partial charge >= 0.3 is 0 Å². The van der Waals surface area contributed by atoms with Gasteiger partial charge in [-0.1, -0.05) is 0 Å². The summed E-state index contributed by atoms with van der Waals surface area (Å²) in [6, 6.07) is 2.49. The fourth-order valence-electron chi connectivity index (χ4n) is 1.97. The van der Waals surface area contributed by atoms with Crippen molar-refractivity contribution in [2.45, 2.75) is 32.4 Å². The number of thiophene rings is 1. The minimum Gasteiger partial charge on any atom is -0.271 e. The van der Waals surface area contributed by atoms with Gasteiger partial charge in [0.1, 0.15) is 0 Å². The summed E-state index contributed by atoms with van der Waals surface area (Å²) in [5.74, 6) is 5.71. The van der Waals surface area contributed by atoms with Crippen LogP contribution in [0.25, 0.3) is 0 Å². The van der Waals surface area contributed by atoms with Gasteiger partial charge in [-0.15, -0.1) is 0 Å². The largest absolute Gasteiger partial charge is 0.271 e. The average Bonchev–Trinajstić information content (AvgIpc) is 2.95. The number of nitrogens with zero attached hydrogens (tertiary/aromatic N) is 2. The Balaban J connectivity index is 2.29. The van der Waals surface area contributed by atoms with E-state index in [-0.39, 0.29) is 6.04 Å². The normalized spacial score (nSPS) is 13.2. The molecule has 0 saturated heterocycles. The number of rotatable bonds is 5. The van der Waals surface area contributed by atoms with Crippen molar-refractivity contribution in [3.8, 4) is 0 Å². The number of aromatic nitrogens is 2. The van der Waals surface area contributed by atoms with Gasteiger partial charge in [-0.05, 0) is 58.6 Å². The molecule has 0 spiro atoms. The monoisotopic (exact) mass is 328 g/mol. The molecule has 2 rings (SSSR count). The average molecular weight is 329 g/mol. The van der Waals surface area contributed by atoms with Crippen LogP contribution in [0.15, 0.2) is 27.5 Å². The van der Waals surface area contributed by atoms with E-state index in [4.69, 9.17) is 5.84 Å².